The topological polar surface area (TPSA) is 96.6 Å². The SMILES string of the molecule is CCOc1cc(/C=C2/C(=N)N3N=C(C)SC3=NC2=O)ccc1OCCOc1cccc(C)c1. The third-order valence-corrected chi connectivity index (χ3v) is 5.56. The number of fused-ring (bicyclic) bond motifs is 1. The van der Waals surface area contributed by atoms with Gasteiger partial charge in [0.1, 0.15) is 19.0 Å². The lowest BCUT2D eigenvalue weighted by Crippen LogP contribution is -2.35. The Hall–Kier alpha value is -3.59. The number of benzene rings is 2. The molecule has 0 radical (unpaired) electrons. The van der Waals surface area contributed by atoms with Crippen molar-refractivity contribution in [3.63, 3.8) is 0 Å². The Morgan fingerprint density at radius 3 is 2.67 bits per heavy atom. The van der Waals surface area contributed by atoms with E-state index in [1.165, 1.54) is 16.8 Å². The maximum Gasteiger partial charge on any atom is 0.283 e. The second-order valence-electron chi connectivity index (χ2n) is 7.29. The zero-order chi connectivity index (χ0) is 23.4. The number of aliphatic imine (C=N–C) groups is 1. The zero-order valence-corrected chi connectivity index (χ0v) is 19.4. The molecule has 0 unspecified atom stereocenters. The van der Waals surface area contributed by atoms with Crippen LogP contribution in [0.4, 0.5) is 0 Å². The molecule has 0 bridgehead atoms. The first-order valence-electron chi connectivity index (χ1n) is 10.5. The lowest BCUT2D eigenvalue weighted by molar-refractivity contribution is -0.114. The number of thioether (sulfide) groups is 1. The molecule has 4 rings (SSSR count). The number of hydrogen-bond donors (Lipinski definition) is 1. The van der Waals surface area contributed by atoms with E-state index in [-0.39, 0.29) is 11.4 Å². The van der Waals surface area contributed by atoms with E-state index in [0.717, 1.165) is 16.4 Å². The van der Waals surface area contributed by atoms with Crippen LogP contribution in [-0.2, 0) is 4.79 Å². The van der Waals surface area contributed by atoms with Crippen molar-refractivity contribution in [2.75, 3.05) is 19.8 Å². The van der Waals surface area contributed by atoms with E-state index in [1.807, 2.05) is 45.0 Å². The molecule has 1 N–H and O–H groups in total. The first-order valence-corrected chi connectivity index (χ1v) is 11.3. The van der Waals surface area contributed by atoms with E-state index in [1.54, 1.807) is 24.3 Å². The van der Waals surface area contributed by atoms with E-state index in [2.05, 4.69) is 10.1 Å². The monoisotopic (exact) mass is 464 g/mol. The third-order valence-electron chi connectivity index (χ3n) is 4.73. The number of carbonyl (C=O) groups excluding carboxylic acids is 1. The summed E-state index contributed by atoms with van der Waals surface area (Å²) in [6, 6.07) is 13.2. The zero-order valence-electron chi connectivity index (χ0n) is 18.6. The van der Waals surface area contributed by atoms with Crippen molar-refractivity contribution in [1.82, 2.24) is 5.01 Å². The molecule has 2 aliphatic rings. The number of aryl methyl sites for hydroxylation is 1. The molecule has 0 saturated carbocycles. The van der Waals surface area contributed by atoms with Gasteiger partial charge in [0.15, 0.2) is 17.3 Å². The summed E-state index contributed by atoms with van der Waals surface area (Å²) in [5.41, 5.74) is 2.00. The molecule has 8 nitrogen and oxygen atoms in total. The number of nitrogens with zero attached hydrogens (tertiary/aromatic N) is 3. The molecule has 2 aliphatic heterocycles. The quantitative estimate of drug-likeness (QED) is 0.457. The number of hydrazone groups is 1. The van der Waals surface area contributed by atoms with E-state index in [9.17, 15) is 4.79 Å². The first kappa shape index (κ1) is 22.6. The van der Waals surface area contributed by atoms with Crippen LogP contribution in [-0.4, -0.2) is 46.8 Å². The summed E-state index contributed by atoms with van der Waals surface area (Å²) < 4.78 is 17.3. The van der Waals surface area contributed by atoms with Gasteiger partial charge < -0.3 is 14.2 Å². The standard InChI is InChI=1S/C24H24N4O4S/c1-4-30-21-14-17(13-19-22(25)28-24(26-23(19)29)33-16(3)27-28)8-9-20(21)32-11-10-31-18-7-5-6-15(2)12-18/h5-9,12-14,25H,4,10-11H2,1-3H3/b19-13-,25-22?. The summed E-state index contributed by atoms with van der Waals surface area (Å²) in [7, 11) is 0. The van der Waals surface area contributed by atoms with Crippen LogP contribution in [0.15, 0.2) is 58.1 Å². The number of hydrogen-bond acceptors (Lipinski definition) is 7. The molecule has 170 valence electrons. The number of rotatable bonds is 8. The van der Waals surface area contributed by atoms with Crippen LogP contribution in [0.25, 0.3) is 6.08 Å². The molecule has 0 spiro atoms. The van der Waals surface area contributed by atoms with Gasteiger partial charge in [-0.25, -0.2) is 0 Å². The molecule has 2 aromatic carbocycles. The Bertz CT molecular complexity index is 1190. The molecule has 0 aromatic heterocycles. The predicted molar refractivity (Wildman–Crippen MR) is 130 cm³/mol. The highest BCUT2D eigenvalue weighted by atomic mass is 32.2. The van der Waals surface area contributed by atoms with Gasteiger partial charge in [-0.3, -0.25) is 10.2 Å². The average molecular weight is 465 g/mol. The second-order valence-corrected chi connectivity index (χ2v) is 8.45. The van der Waals surface area contributed by atoms with Crippen LogP contribution in [0, 0.1) is 12.3 Å². The Labute approximate surface area is 196 Å². The summed E-state index contributed by atoms with van der Waals surface area (Å²) >= 11 is 1.28. The number of amides is 1. The van der Waals surface area contributed by atoms with Crippen LogP contribution in [0.2, 0.25) is 0 Å². The van der Waals surface area contributed by atoms with Gasteiger partial charge in [-0.15, -0.1) is 0 Å². The number of nitrogens with one attached hydrogen (secondary N) is 1. The van der Waals surface area contributed by atoms with Crippen molar-refractivity contribution in [2.45, 2.75) is 20.8 Å². The Morgan fingerprint density at radius 1 is 1.06 bits per heavy atom. The number of carbonyl (C=O) groups is 1. The lowest BCUT2D eigenvalue weighted by Gasteiger charge is -2.20. The van der Waals surface area contributed by atoms with Gasteiger partial charge in [0.25, 0.3) is 5.91 Å². The molecular weight excluding hydrogens is 440 g/mol. The molecule has 9 heteroatoms. The lowest BCUT2D eigenvalue weighted by atomic mass is 10.1. The molecular formula is C24H24N4O4S. The van der Waals surface area contributed by atoms with Gasteiger partial charge in [-0.1, -0.05) is 18.2 Å². The fourth-order valence-corrected chi connectivity index (χ4v) is 4.01. The van der Waals surface area contributed by atoms with E-state index in [0.29, 0.717) is 42.1 Å². The Morgan fingerprint density at radius 2 is 1.88 bits per heavy atom. The van der Waals surface area contributed by atoms with Gasteiger partial charge in [-0.2, -0.15) is 15.1 Å². The molecule has 0 saturated heterocycles. The summed E-state index contributed by atoms with van der Waals surface area (Å²) in [4.78, 5) is 16.5. The predicted octanol–water partition coefficient (Wildman–Crippen LogP) is 4.49. The fourth-order valence-electron chi connectivity index (χ4n) is 3.27. The van der Waals surface area contributed by atoms with Crippen molar-refractivity contribution in [3.05, 3.63) is 59.2 Å². The molecule has 2 heterocycles. The fraction of sp³-hybridized carbons (Fsp3) is 0.250. The highest BCUT2D eigenvalue weighted by Gasteiger charge is 2.34. The normalized spacial score (nSPS) is 16.5. The summed E-state index contributed by atoms with van der Waals surface area (Å²) in [5, 5.41) is 15.2. The third kappa shape index (κ3) is 5.25. The van der Waals surface area contributed by atoms with Gasteiger partial charge in [0, 0.05) is 0 Å². The summed E-state index contributed by atoms with van der Waals surface area (Å²) in [5.74, 6) is 1.46. The molecule has 0 atom stereocenters. The summed E-state index contributed by atoms with van der Waals surface area (Å²) in [6.07, 6.45) is 1.62. The van der Waals surface area contributed by atoms with Crippen LogP contribution < -0.4 is 14.2 Å². The van der Waals surface area contributed by atoms with Crippen LogP contribution >= 0.6 is 11.8 Å². The average Bonchev–Trinajstić information content (AvgIpc) is 3.16. The van der Waals surface area contributed by atoms with Crippen LogP contribution in [0.1, 0.15) is 25.0 Å². The van der Waals surface area contributed by atoms with Gasteiger partial charge in [-0.05, 0) is 74.0 Å². The molecule has 1 amide bonds. The minimum atomic E-state index is -0.463. The van der Waals surface area contributed by atoms with Gasteiger partial charge >= 0.3 is 0 Å². The van der Waals surface area contributed by atoms with Gasteiger partial charge in [0.2, 0.25) is 5.17 Å². The van der Waals surface area contributed by atoms with Gasteiger partial charge in [0.05, 0.1) is 17.2 Å². The smallest absolute Gasteiger partial charge is 0.283 e. The van der Waals surface area contributed by atoms with Crippen molar-refractivity contribution < 1.29 is 19.0 Å². The molecule has 0 fully saturated rings. The van der Waals surface area contributed by atoms with Crippen LogP contribution in [0.5, 0.6) is 17.2 Å². The summed E-state index contributed by atoms with van der Waals surface area (Å²) in [6.45, 7) is 6.90. The Kier molecular flexibility index (Phi) is 6.79. The maximum absolute atomic E-state index is 12.5. The molecule has 2 aromatic rings. The first-order chi connectivity index (χ1) is 15.9. The van der Waals surface area contributed by atoms with Crippen LogP contribution in [0.3, 0.4) is 0 Å². The maximum atomic E-state index is 12.5. The highest BCUT2D eigenvalue weighted by molar-refractivity contribution is 8.26. The van der Waals surface area contributed by atoms with E-state index < -0.39 is 5.91 Å². The van der Waals surface area contributed by atoms with Crippen molar-refractivity contribution in [2.24, 2.45) is 10.1 Å². The van der Waals surface area contributed by atoms with Crippen molar-refractivity contribution in [3.8, 4) is 17.2 Å². The number of ether oxygens (including phenoxy) is 3. The van der Waals surface area contributed by atoms with Crippen molar-refractivity contribution >= 4 is 39.8 Å². The largest absolute Gasteiger partial charge is 0.490 e. The number of amidine groups is 2. The van der Waals surface area contributed by atoms with Crippen molar-refractivity contribution in [1.29, 1.82) is 5.41 Å². The molecule has 0 aliphatic carbocycles. The van der Waals surface area contributed by atoms with E-state index in [4.69, 9.17) is 19.6 Å². The second kappa shape index (κ2) is 9.91. The highest BCUT2D eigenvalue weighted by Crippen LogP contribution is 2.31. The minimum Gasteiger partial charge on any atom is -0.490 e. The minimum absolute atomic E-state index is 0.000865. The molecule has 33 heavy (non-hydrogen) atoms. The van der Waals surface area contributed by atoms with E-state index >= 15 is 0 Å². The Balaban J connectivity index is 1.46.